The van der Waals surface area contributed by atoms with Crippen molar-refractivity contribution in [2.75, 3.05) is 5.75 Å². The van der Waals surface area contributed by atoms with Crippen molar-refractivity contribution in [2.24, 2.45) is 5.73 Å². The molecule has 0 aliphatic heterocycles. The van der Waals surface area contributed by atoms with Crippen molar-refractivity contribution >= 4 is 17.7 Å². The van der Waals surface area contributed by atoms with Crippen molar-refractivity contribution < 1.29 is 9.90 Å². The van der Waals surface area contributed by atoms with Gasteiger partial charge in [-0.25, -0.2) is 0 Å². The highest BCUT2D eigenvalue weighted by molar-refractivity contribution is 8.03. The molecule has 3 N–H and O–H groups in total. The van der Waals surface area contributed by atoms with Gasteiger partial charge < -0.3 is 10.8 Å². The number of carboxylic acid groups (broad SMARTS) is 1. The number of carbonyl (C=O) groups is 1. The van der Waals surface area contributed by atoms with Crippen molar-refractivity contribution in [1.82, 2.24) is 0 Å². The fourth-order valence-electron chi connectivity index (χ4n) is 0.275. The quantitative estimate of drug-likeness (QED) is 0.574. The van der Waals surface area contributed by atoms with Gasteiger partial charge in [-0.05, 0) is 12.2 Å². The van der Waals surface area contributed by atoms with Gasteiger partial charge in [-0.15, -0.1) is 0 Å². The van der Waals surface area contributed by atoms with Crippen LogP contribution in [0.25, 0.3) is 0 Å². The SMILES string of the molecule is CC#CSCC(N)C(=O)O. The third-order valence-corrected chi connectivity index (χ3v) is 1.63. The van der Waals surface area contributed by atoms with Crippen molar-refractivity contribution in [3.05, 3.63) is 0 Å². The summed E-state index contributed by atoms with van der Waals surface area (Å²) >= 11 is 1.22. The fraction of sp³-hybridized carbons (Fsp3) is 0.500. The molecule has 10 heavy (non-hydrogen) atoms. The third kappa shape index (κ3) is 4.24. The van der Waals surface area contributed by atoms with E-state index in [1.54, 1.807) is 6.92 Å². The van der Waals surface area contributed by atoms with E-state index in [4.69, 9.17) is 10.8 Å². The van der Waals surface area contributed by atoms with Gasteiger partial charge in [-0.1, -0.05) is 17.7 Å². The molecule has 0 amide bonds. The van der Waals surface area contributed by atoms with Gasteiger partial charge in [0.1, 0.15) is 6.04 Å². The molecule has 0 rings (SSSR count). The van der Waals surface area contributed by atoms with Gasteiger partial charge in [0.2, 0.25) is 0 Å². The topological polar surface area (TPSA) is 63.3 Å². The Labute approximate surface area is 64.0 Å². The minimum atomic E-state index is -0.981. The van der Waals surface area contributed by atoms with Gasteiger partial charge >= 0.3 is 5.97 Å². The number of carboxylic acids is 1. The lowest BCUT2D eigenvalue weighted by molar-refractivity contribution is -0.137. The van der Waals surface area contributed by atoms with Crippen LogP contribution in [0.3, 0.4) is 0 Å². The summed E-state index contributed by atoms with van der Waals surface area (Å²) in [6, 6.07) is -0.800. The van der Waals surface area contributed by atoms with Crippen LogP contribution in [0.15, 0.2) is 0 Å². The van der Waals surface area contributed by atoms with Crippen LogP contribution in [-0.2, 0) is 4.79 Å². The minimum Gasteiger partial charge on any atom is -0.480 e. The van der Waals surface area contributed by atoms with E-state index >= 15 is 0 Å². The lowest BCUT2D eigenvalue weighted by atomic mass is 10.4. The summed E-state index contributed by atoms with van der Waals surface area (Å²) < 4.78 is 0. The molecule has 0 aromatic rings. The average Bonchev–Trinajstić information content (AvgIpc) is 1.88. The Kier molecular flexibility index (Phi) is 4.81. The highest BCUT2D eigenvalue weighted by Gasteiger charge is 2.09. The van der Waals surface area contributed by atoms with Crippen molar-refractivity contribution in [1.29, 1.82) is 0 Å². The van der Waals surface area contributed by atoms with E-state index in [2.05, 4.69) is 11.2 Å². The van der Waals surface area contributed by atoms with Crippen LogP contribution in [0.1, 0.15) is 6.92 Å². The molecule has 3 nitrogen and oxygen atoms in total. The Balaban J connectivity index is 3.46. The molecular weight excluding hydrogens is 150 g/mol. The van der Waals surface area contributed by atoms with Gasteiger partial charge in [0.05, 0.1) is 0 Å². The molecular formula is C6H9NO2S. The van der Waals surface area contributed by atoms with Crippen LogP contribution in [0, 0.1) is 11.2 Å². The van der Waals surface area contributed by atoms with E-state index in [-0.39, 0.29) is 0 Å². The summed E-state index contributed by atoms with van der Waals surface area (Å²) in [5.74, 6) is 1.99. The summed E-state index contributed by atoms with van der Waals surface area (Å²) in [6.45, 7) is 1.69. The second-order valence-corrected chi connectivity index (χ2v) is 2.43. The van der Waals surface area contributed by atoms with E-state index in [1.807, 2.05) is 0 Å². The number of rotatable bonds is 3. The molecule has 1 atom stereocenters. The van der Waals surface area contributed by atoms with Crippen LogP contribution in [0.4, 0.5) is 0 Å². The molecule has 4 heteroatoms. The van der Waals surface area contributed by atoms with Crippen LogP contribution in [0.5, 0.6) is 0 Å². The molecule has 1 unspecified atom stereocenters. The number of aliphatic carboxylic acids is 1. The molecule has 0 radical (unpaired) electrons. The first-order valence-corrected chi connectivity index (χ1v) is 3.69. The van der Waals surface area contributed by atoms with Crippen molar-refractivity contribution in [3.8, 4) is 11.2 Å². The maximum absolute atomic E-state index is 10.1. The maximum Gasteiger partial charge on any atom is 0.321 e. The molecule has 56 valence electrons. The number of hydrogen-bond acceptors (Lipinski definition) is 3. The zero-order chi connectivity index (χ0) is 7.98. The van der Waals surface area contributed by atoms with Gasteiger partial charge in [0.15, 0.2) is 0 Å². The number of nitrogens with two attached hydrogens (primary N) is 1. The zero-order valence-electron chi connectivity index (χ0n) is 5.63. The number of thioether (sulfide) groups is 1. The smallest absolute Gasteiger partial charge is 0.321 e. The van der Waals surface area contributed by atoms with E-state index < -0.39 is 12.0 Å². The van der Waals surface area contributed by atoms with E-state index in [0.29, 0.717) is 5.75 Å². The van der Waals surface area contributed by atoms with Gasteiger partial charge in [0, 0.05) is 5.75 Å². The maximum atomic E-state index is 10.1. The Morgan fingerprint density at radius 1 is 1.90 bits per heavy atom. The molecule has 0 aliphatic carbocycles. The Morgan fingerprint density at radius 3 is 2.90 bits per heavy atom. The monoisotopic (exact) mass is 159 g/mol. The second kappa shape index (κ2) is 5.15. The lowest BCUT2D eigenvalue weighted by Gasteiger charge is -1.99. The average molecular weight is 159 g/mol. The fourth-order valence-corrected chi connectivity index (χ4v) is 0.825. The molecule has 0 saturated heterocycles. The summed E-state index contributed by atoms with van der Waals surface area (Å²) in [4.78, 5) is 10.1. The summed E-state index contributed by atoms with van der Waals surface area (Å²) in [6.07, 6.45) is 0. The predicted molar refractivity (Wildman–Crippen MR) is 41.5 cm³/mol. The summed E-state index contributed by atoms with van der Waals surface area (Å²) in [7, 11) is 0. The first-order valence-electron chi connectivity index (χ1n) is 2.70. The molecule has 0 fully saturated rings. The van der Waals surface area contributed by atoms with Crippen LogP contribution in [0.2, 0.25) is 0 Å². The predicted octanol–water partition coefficient (Wildman–Crippen LogP) is 0.112. The van der Waals surface area contributed by atoms with E-state index in [9.17, 15) is 4.79 Å². The minimum absolute atomic E-state index is 0.343. The van der Waals surface area contributed by atoms with E-state index in [0.717, 1.165) is 0 Å². The van der Waals surface area contributed by atoms with Crippen molar-refractivity contribution in [2.45, 2.75) is 13.0 Å². The molecule has 0 heterocycles. The molecule has 0 bridgehead atoms. The zero-order valence-corrected chi connectivity index (χ0v) is 6.44. The highest BCUT2D eigenvalue weighted by atomic mass is 32.2. The molecule has 0 aromatic heterocycles. The summed E-state index contributed by atoms with van der Waals surface area (Å²) in [5.41, 5.74) is 5.17. The lowest BCUT2D eigenvalue weighted by Crippen LogP contribution is -2.32. The Hall–Kier alpha value is -0.660. The first-order chi connectivity index (χ1) is 4.68. The first kappa shape index (κ1) is 9.34. The second-order valence-electron chi connectivity index (χ2n) is 1.61. The van der Waals surface area contributed by atoms with Gasteiger partial charge in [-0.3, -0.25) is 4.79 Å². The van der Waals surface area contributed by atoms with Crippen LogP contribution in [-0.4, -0.2) is 22.9 Å². The normalized spacial score (nSPS) is 11.4. The highest BCUT2D eigenvalue weighted by Crippen LogP contribution is 1.97. The third-order valence-electron chi connectivity index (χ3n) is 0.754. The van der Waals surface area contributed by atoms with E-state index in [1.165, 1.54) is 11.8 Å². The molecule has 0 spiro atoms. The van der Waals surface area contributed by atoms with Crippen LogP contribution < -0.4 is 5.73 Å². The summed E-state index contributed by atoms with van der Waals surface area (Å²) in [5, 5.41) is 11.0. The van der Waals surface area contributed by atoms with Gasteiger partial charge in [-0.2, -0.15) is 0 Å². The van der Waals surface area contributed by atoms with Crippen LogP contribution >= 0.6 is 11.8 Å². The number of hydrogen-bond donors (Lipinski definition) is 2. The Bertz CT molecular complexity index is 170. The van der Waals surface area contributed by atoms with Crippen molar-refractivity contribution in [3.63, 3.8) is 0 Å². The largest absolute Gasteiger partial charge is 0.480 e. The molecule has 0 saturated carbocycles. The molecule has 0 aromatic carbocycles. The Morgan fingerprint density at radius 2 is 2.50 bits per heavy atom. The van der Waals surface area contributed by atoms with Gasteiger partial charge in [0.25, 0.3) is 0 Å². The standard InChI is InChI=1S/C6H9NO2S/c1-2-3-10-4-5(7)6(8)9/h5H,4,7H2,1H3,(H,8,9). The molecule has 0 aliphatic rings.